The summed E-state index contributed by atoms with van der Waals surface area (Å²) >= 11 is 0. The molecule has 5 nitrogen and oxygen atoms in total. The van der Waals surface area contributed by atoms with Crippen LogP contribution in [0.3, 0.4) is 0 Å². The molecular weight excluding hydrogens is 371 g/mol. The Labute approximate surface area is 168 Å². The largest absolute Gasteiger partial charge is 0.356 e. The summed E-state index contributed by atoms with van der Waals surface area (Å²) in [5.41, 5.74) is 2.66. The number of hydrogen-bond acceptors (Lipinski definition) is 5. The maximum Gasteiger partial charge on any atom is 0.170 e. The SMILES string of the molecule is CC(=O)c1ccc(C(=O)CCN2CCC(c3noc4cc(F)ccc34)CC2)cc1. The second-order valence-electron chi connectivity index (χ2n) is 7.63. The number of Topliss-reactive ketones (excluding diaryl/α,β-unsaturated/α-hetero) is 2. The third kappa shape index (κ3) is 4.27. The Balaban J connectivity index is 1.30. The maximum absolute atomic E-state index is 13.3. The lowest BCUT2D eigenvalue weighted by Gasteiger charge is -2.30. The van der Waals surface area contributed by atoms with Crippen LogP contribution >= 0.6 is 0 Å². The van der Waals surface area contributed by atoms with Crippen LogP contribution in [0.5, 0.6) is 0 Å². The number of ketones is 2. The molecule has 2 aromatic carbocycles. The van der Waals surface area contributed by atoms with Gasteiger partial charge in [0.15, 0.2) is 17.1 Å². The van der Waals surface area contributed by atoms with E-state index in [-0.39, 0.29) is 23.3 Å². The van der Waals surface area contributed by atoms with E-state index in [1.54, 1.807) is 30.3 Å². The Morgan fingerprint density at radius 2 is 1.79 bits per heavy atom. The van der Waals surface area contributed by atoms with Gasteiger partial charge in [-0.2, -0.15) is 0 Å². The van der Waals surface area contributed by atoms with E-state index in [2.05, 4.69) is 10.1 Å². The lowest BCUT2D eigenvalue weighted by Crippen LogP contribution is -2.34. The van der Waals surface area contributed by atoms with E-state index in [0.717, 1.165) is 37.0 Å². The summed E-state index contributed by atoms with van der Waals surface area (Å²) in [6.07, 6.45) is 2.32. The summed E-state index contributed by atoms with van der Waals surface area (Å²) in [6.45, 7) is 4.00. The predicted octanol–water partition coefficient (Wildman–Crippen LogP) is 4.62. The molecule has 3 aromatic rings. The molecule has 0 bridgehead atoms. The van der Waals surface area contributed by atoms with Crippen LogP contribution in [0.1, 0.15) is 58.5 Å². The number of carbonyl (C=O) groups is 2. The van der Waals surface area contributed by atoms with Crippen LogP contribution in [-0.2, 0) is 0 Å². The van der Waals surface area contributed by atoms with Crippen molar-refractivity contribution in [2.75, 3.05) is 19.6 Å². The molecular formula is C23H23FN2O3. The van der Waals surface area contributed by atoms with Crippen molar-refractivity contribution in [3.63, 3.8) is 0 Å². The van der Waals surface area contributed by atoms with Crippen LogP contribution in [0.15, 0.2) is 47.0 Å². The molecule has 29 heavy (non-hydrogen) atoms. The van der Waals surface area contributed by atoms with Gasteiger partial charge >= 0.3 is 0 Å². The van der Waals surface area contributed by atoms with Crippen molar-refractivity contribution in [2.24, 2.45) is 0 Å². The Kier molecular flexibility index (Phi) is 5.53. The smallest absolute Gasteiger partial charge is 0.170 e. The first-order valence-corrected chi connectivity index (χ1v) is 9.92. The number of benzene rings is 2. The highest BCUT2D eigenvalue weighted by Gasteiger charge is 2.25. The van der Waals surface area contributed by atoms with Gasteiger partial charge in [0, 0.05) is 41.5 Å². The Hall–Kier alpha value is -2.86. The third-order valence-electron chi connectivity index (χ3n) is 5.70. The minimum Gasteiger partial charge on any atom is -0.356 e. The zero-order valence-corrected chi connectivity index (χ0v) is 16.4. The van der Waals surface area contributed by atoms with E-state index < -0.39 is 0 Å². The van der Waals surface area contributed by atoms with Crippen molar-refractivity contribution >= 4 is 22.5 Å². The molecule has 6 heteroatoms. The first kappa shape index (κ1) is 19.5. The summed E-state index contributed by atoms with van der Waals surface area (Å²) in [5, 5.41) is 5.06. The molecule has 1 aliphatic heterocycles. The van der Waals surface area contributed by atoms with Crippen LogP contribution in [0, 0.1) is 5.82 Å². The quantitative estimate of drug-likeness (QED) is 0.571. The van der Waals surface area contributed by atoms with Crippen LogP contribution in [0.25, 0.3) is 11.0 Å². The predicted molar refractivity (Wildman–Crippen MR) is 108 cm³/mol. The van der Waals surface area contributed by atoms with Crippen molar-refractivity contribution in [3.8, 4) is 0 Å². The molecule has 4 rings (SSSR count). The van der Waals surface area contributed by atoms with Gasteiger partial charge in [0.2, 0.25) is 0 Å². The zero-order valence-electron chi connectivity index (χ0n) is 16.4. The highest BCUT2D eigenvalue weighted by molar-refractivity contribution is 5.98. The number of halogens is 1. The van der Waals surface area contributed by atoms with Gasteiger partial charge in [0.05, 0.1) is 5.69 Å². The third-order valence-corrected chi connectivity index (χ3v) is 5.70. The molecule has 0 radical (unpaired) electrons. The highest BCUT2D eigenvalue weighted by Crippen LogP contribution is 2.32. The van der Waals surface area contributed by atoms with E-state index in [9.17, 15) is 14.0 Å². The van der Waals surface area contributed by atoms with Crippen molar-refractivity contribution in [2.45, 2.75) is 32.1 Å². The van der Waals surface area contributed by atoms with Crippen molar-refractivity contribution in [1.82, 2.24) is 10.1 Å². The van der Waals surface area contributed by atoms with Crippen LogP contribution < -0.4 is 0 Å². The Morgan fingerprint density at radius 3 is 2.48 bits per heavy atom. The van der Waals surface area contributed by atoms with Crippen LogP contribution in [-0.4, -0.2) is 41.3 Å². The Morgan fingerprint density at radius 1 is 1.10 bits per heavy atom. The molecule has 2 heterocycles. The lowest BCUT2D eigenvalue weighted by molar-refractivity contribution is 0.0954. The number of hydrogen-bond donors (Lipinski definition) is 0. The fourth-order valence-corrected chi connectivity index (χ4v) is 3.95. The van der Waals surface area contributed by atoms with E-state index in [0.29, 0.717) is 29.7 Å². The molecule has 1 aromatic heterocycles. The summed E-state index contributed by atoms with van der Waals surface area (Å²) in [4.78, 5) is 26.1. The molecule has 0 N–H and O–H groups in total. The van der Waals surface area contributed by atoms with Crippen molar-refractivity contribution in [1.29, 1.82) is 0 Å². The van der Waals surface area contributed by atoms with Crippen molar-refractivity contribution < 1.29 is 18.5 Å². The van der Waals surface area contributed by atoms with Crippen LogP contribution in [0.4, 0.5) is 4.39 Å². The number of carbonyl (C=O) groups excluding carboxylic acids is 2. The number of nitrogens with zero attached hydrogens (tertiary/aromatic N) is 2. The first-order valence-electron chi connectivity index (χ1n) is 9.92. The second kappa shape index (κ2) is 8.25. The van der Waals surface area contributed by atoms with Crippen LogP contribution in [0.2, 0.25) is 0 Å². The molecule has 0 spiro atoms. The van der Waals surface area contributed by atoms with Gasteiger partial charge in [-0.25, -0.2) is 4.39 Å². The van der Waals surface area contributed by atoms with E-state index in [1.807, 2.05) is 0 Å². The highest BCUT2D eigenvalue weighted by atomic mass is 19.1. The first-order chi connectivity index (χ1) is 14.0. The van der Waals surface area contributed by atoms with Gasteiger partial charge in [0.25, 0.3) is 0 Å². The fourth-order valence-electron chi connectivity index (χ4n) is 3.95. The minimum absolute atomic E-state index is 0.00287. The van der Waals surface area contributed by atoms with Gasteiger partial charge in [-0.05, 0) is 45.0 Å². The summed E-state index contributed by atoms with van der Waals surface area (Å²) in [5.74, 6) is 0.0482. The standard InChI is InChI=1S/C23H23FN2O3/c1-15(27)16-2-4-17(5-3-16)21(28)10-13-26-11-8-18(9-12-26)23-20-7-6-19(24)14-22(20)29-25-23/h2-7,14,18H,8-13H2,1H3. The minimum atomic E-state index is -0.324. The fraction of sp³-hybridized carbons (Fsp3) is 0.348. The second-order valence-corrected chi connectivity index (χ2v) is 7.63. The molecule has 0 unspecified atom stereocenters. The van der Waals surface area contributed by atoms with Gasteiger partial charge in [-0.15, -0.1) is 0 Å². The molecule has 0 amide bonds. The normalized spacial score (nSPS) is 15.7. The van der Waals surface area contributed by atoms with E-state index in [4.69, 9.17) is 4.52 Å². The van der Waals surface area contributed by atoms with E-state index >= 15 is 0 Å². The molecule has 0 saturated carbocycles. The zero-order chi connectivity index (χ0) is 20.4. The van der Waals surface area contributed by atoms with Crippen molar-refractivity contribution in [3.05, 3.63) is 65.1 Å². The Bertz CT molecular complexity index is 1030. The topological polar surface area (TPSA) is 63.4 Å². The molecule has 1 aliphatic rings. The summed E-state index contributed by atoms with van der Waals surface area (Å²) in [7, 11) is 0. The molecule has 1 saturated heterocycles. The summed E-state index contributed by atoms with van der Waals surface area (Å²) < 4.78 is 18.6. The molecule has 0 atom stereocenters. The number of piperidine rings is 1. The molecule has 150 valence electrons. The van der Waals surface area contributed by atoms with Gasteiger partial charge in [-0.1, -0.05) is 29.4 Å². The number of aromatic nitrogens is 1. The van der Waals surface area contributed by atoms with Gasteiger partial charge < -0.3 is 9.42 Å². The van der Waals surface area contributed by atoms with E-state index in [1.165, 1.54) is 19.1 Å². The van der Waals surface area contributed by atoms with Gasteiger partial charge in [-0.3, -0.25) is 9.59 Å². The average Bonchev–Trinajstić information content (AvgIpc) is 3.15. The monoisotopic (exact) mass is 394 g/mol. The number of rotatable bonds is 6. The lowest BCUT2D eigenvalue weighted by atomic mass is 9.91. The average molecular weight is 394 g/mol. The molecule has 0 aliphatic carbocycles. The molecule has 1 fully saturated rings. The maximum atomic E-state index is 13.3. The summed E-state index contributed by atoms with van der Waals surface area (Å²) in [6, 6.07) is 11.4. The number of fused-ring (bicyclic) bond motifs is 1. The van der Waals surface area contributed by atoms with Gasteiger partial charge in [0.1, 0.15) is 5.82 Å². The number of likely N-dealkylation sites (tertiary alicyclic amines) is 1.